The molecule has 13 heteroatoms. The zero-order chi connectivity index (χ0) is 28.2. The van der Waals surface area contributed by atoms with Crippen LogP contribution in [-0.4, -0.2) is 78.6 Å². The minimum atomic E-state index is -3.22. The van der Waals surface area contributed by atoms with E-state index in [1.54, 1.807) is 23.0 Å². The lowest BCUT2D eigenvalue weighted by molar-refractivity contribution is 0.245. The number of hydrogen-bond acceptors (Lipinski definition) is 8. The van der Waals surface area contributed by atoms with E-state index in [0.29, 0.717) is 33.7 Å². The minimum absolute atomic E-state index is 0.109. The maximum atomic E-state index is 11.9. The van der Waals surface area contributed by atoms with E-state index in [0.717, 1.165) is 56.8 Å². The molecule has 0 amide bonds. The van der Waals surface area contributed by atoms with Crippen LogP contribution in [0.25, 0.3) is 11.2 Å². The largest absolute Gasteiger partial charge is 0.355 e. The van der Waals surface area contributed by atoms with Crippen molar-refractivity contribution in [1.82, 2.24) is 29.4 Å². The molecule has 2 aromatic heterocycles. The van der Waals surface area contributed by atoms with Crippen LogP contribution in [0.5, 0.6) is 0 Å². The Hall–Kier alpha value is -2.49. The van der Waals surface area contributed by atoms with E-state index >= 15 is 0 Å². The molecule has 1 fully saturated rings. The van der Waals surface area contributed by atoms with Gasteiger partial charge in [-0.1, -0.05) is 42.6 Å². The molecule has 3 aromatic rings. The summed E-state index contributed by atoms with van der Waals surface area (Å²) in [5.41, 5.74) is 2.03. The van der Waals surface area contributed by atoms with Gasteiger partial charge < -0.3 is 9.80 Å². The van der Waals surface area contributed by atoms with E-state index in [4.69, 9.17) is 28.2 Å². The SMILES string of the molecule is CCCCN(CCC1CN(c2cnc3c(C#N)nn(C(C)c4ccc(Cl)cc4Cl)c3n2)C1)CCS(=O)(=O)NC. The average Bonchev–Trinajstić information content (AvgIpc) is 3.26. The first-order valence-electron chi connectivity index (χ1n) is 13.1. The van der Waals surface area contributed by atoms with Gasteiger partial charge in [-0.15, -0.1) is 0 Å². The molecule has 10 nitrogen and oxygen atoms in total. The number of anilines is 1. The molecule has 1 N–H and O–H groups in total. The highest BCUT2D eigenvalue weighted by atomic mass is 35.5. The second-order valence-corrected chi connectivity index (χ2v) is 12.8. The van der Waals surface area contributed by atoms with Gasteiger partial charge in [0.05, 0.1) is 18.0 Å². The van der Waals surface area contributed by atoms with Crippen molar-refractivity contribution < 1.29 is 8.42 Å². The molecule has 39 heavy (non-hydrogen) atoms. The van der Waals surface area contributed by atoms with E-state index in [2.05, 4.69) is 37.6 Å². The summed E-state index contributed by atoms with van der Waals surface area (Å²) in [6, 6.07) is 7.15. The van der Waals surface area contributed by atoms with Gasteiger partial charge in [-0.25, -0.2) is 27.8 Å². The summed E-state index contributed by atoms with van der Waals surface area (Å²) in [6.45, 7) is 8.06. The van der Waals surface area contributed by atoms with Gasteiger partial charge in [-0.3, -0.25) is 0 Å². The first kappa shape index (κ1) is 29.5. The molecule has 4 rings (SSSR count). The summed E-state index contributed by atoms with van der Waals surface area (Å²) < 4.78 is 27.9. The van der Waals surface area contributed by atoms with E-state index in [9.17, 15) is 13.7 Å². The molecule has 1 aliphatic rings. The topological polar surface area (TPSA) is 120 Å². The molecule has 0 aliphatic carbocycles. The first-order valence-corrected chi connectivity index (χ1v) is 15.5. The van der Waals surface area contributed by atoms with Crippen molar-refractivity contribution >= 4 is 50.2 Å². The van der Waals surface area contributed by atoms with Gasteiger partial charge in [0, 0.05) is 29.7 Å². The van der Waals surface area contributed by atoms with Crippen LogP contribution in [0.3, 0.4) is 0 Å². The number of unbranched alkanes of at least 4 members (excludes halogenated alkanes) is 1. The van der Waals surface area contributed by atoms with E-state index in [-0.39, 0.29) is 17.5 Å². The molecule has 0 spiro atoms. The molecular weight excluding hydrogens is 559 g/mol. The first-order chi connectivity index (χ1) is 18.7. The Morgan fingerprint density at radius 1 is 1.26 bits per heavy atom. The fourth-order valence-electron chi connectivity index (χ4n) is 4.74. The molecule has 1 aliphatic heterocycles. The zero-order valence-corrected chi connectivity index (χ0v) is 24.8. The Bertz CT molecular complexity index is 1450. The maximum absolute atomic E-state index is 11.9. The number of hydrogen-bond donors (Lipinski definition) is 1. The number of benzene rings is 1. The molecule has 1 saturated heterocycles. The van der Waals surface area contributed by atoms with Crippen LogP contribution in [0, 0.1) is 17.2 Å². The number of rotatable bonds is 13. The van der Waals surface area contributed by atoms with Crippen LogP contribution in [-0.2, 0) is 10.0 Å². The molecule has 1 atom stereocenters. The Kier molecular flexibility index (Phi) is 9.67. The molecule has 0 saturated carbocycles. The van der Waals surface area contributed by atoms with Gasteiger partial charge in [0.15, 0.2) is 11.3 Å². The van der Waals surface area contributed by atoms with Crippen LogP contribution in [0.4, 0.5) is 5.82 Å². The maximum Gasteiger partial charge on any atom is 0.212 e. The summed E-state index contributed by atoms with van der Waals surface area (Å²) >= 11 is 12.5. The number of fused-ring (bicyclic) bond motifs is 1. The Morgan fingerprint density at radius 2 is 2.03 bits per heavy atom. The molecule has 1 unspecified atom stereocenters. The standard InChI is InChI=1S/C26H34Cl2N8O2S/c1-4-5-9-34(11-12-39(37,38)30-3)10-8-19-16-35(17-19)24-15-31-25-23(14-29)33-36(26(25)32-24)18(2)21-7-6-20(27)13-22(21)28/h6-7,13,15,18-19,30H,4-5,8-12,16-17H2,1-3H3. The van der Waals surface area contributed by atoms with Crippen LogP contribution >= 0.6 is 23.2 Å². The number of nitriles is 1. The normalized spacial score (nSPS) is 15.1. The molecule has 1 aromatic carbocycles. The second-order valence-electron chi connectivity index (χ2n) is 9.93. The summed E-state index contributed by atoms with van der Waals surface area (Å²) in [4.78, 5) is 13.8. The van der Waals surface area contributed by atoms with Crippen LogP contribution in [0.1, 0.15) is 50.4 Å². The number of halogens is 2. The summed E-state index contributed by atoms with van der Waals surface area (Å²) in [5, 5.41) is 15.2. The zero-order valence-electron chi connectivity index (χ0n) is 22.4. The van der Waals surface area contributed by atoms with E-state index < -0.39 is 10.0 Å². The second kappa shape index (κ2) is 12.8. The highest BCUT2D eigenvalue weighted by Gasteiger charge is 2.30. The van der Waals surface area contributed by atoms with Gasteiger partial charge in [-0.2, -0.15) is 10.4 Å². The third-order valence-corrected chi connectivity index (χ3v) is 9.13. The molecule has 0 radical (unpaired) electrons. The molecule has 0 bridgehead atoms. The Morgan fingerprint density at radius 3 is 2.69 bits per heavy atom. The van der Waals surface area contributed by atoms with Crippen molar-refractivity contribution in [3.63, 3.8) is 0 Å². The lowest BCUT2D eigenvalue weighted by Gasteiger charge is -2.41. The quantitative estimate of drug-likeness (QED) is 0.315. The highest BCUT2D eigenvalue weighted by molar-refractivity contribution is 7.89. The van der Waals surface area contributed by atoms with Crippen molar-refractivity contribution in [2.45, 2.75) is 39.2 Å². The van der Waals surface area contributed by atoms with Crippen molar-refractivity contribution in [3.8, 4) is 6.07 Å². The summed E-state index contributed by atoms with van der Waals surface area (Å²) in [7, 11) is -1.77. The number of nitrogens with one attached hydrogen (secondary N) is 1. The minimum Gasteiger partial charge on any atom is -0.355 e. The number of nitrogens with zero attached hydrogens (tertiary/aromatic N) is 7. The van der Waals surface area contributed by atoms with Crippen LogP contribution in [0.15, 0.2) is 24.4 Å². The fraction of sp³-hybridized carbons (Fsp3) is 0.538. The lowest BCUT2D eigenvalue weighted by atomic mass is 9.96. The highest BCUT2D eigenvalue weighted by Crippen LogP contribution is 2.32. The summed E-state index contributed by atoms with van der Waals surface area (Å²) in [5.74, 6) is 1.33. The molecule has 3 heterocycles. The molecular formula is C26H34Cl2N8O2S. The van der Waals surface area contributed by atoms with Gasteiger partial charge in [0.2, 0.25) is 10.0 Å². The predicted octanol–water partition coefficient (Wildman–Crippen LogP) is 4.09. The number of aromatic nitrogens is 4. The van der Waals surface area contributed by atoms with Gasteiger partial charge in [0.1, 0.15) is 17.4 Å². The van der Waals surface area contributed by atoms with Gasteiger partial charge in [0.25, 0.3) is 0 Å². The monoisotopic (exact) mass is 592 g/mol. The summed E-state index contributed by atoms with van der Waals surface area (Å²) in [6.07, 6.45) is 4.80. The lowest BCUT2D eigenvalue weighted by Crippen LogP contribution is -2.48. The van der Waals surface area contributed by atoms with Gasteiger partial charge >= 0.3 is 0 Å². The Balaban J connectivity index is 1.44. The number of sulfonamides is 1. The van der Waals surface area contributed by atoms with Gasteiger partial charge in [-0.05, 0) is 63.5 Å². The van der Waals surface area contributed by atoms with E-state index in [1.165, 1.54) is 7.05 Å². The van der Waals surface area contributed by atoms with Crippen molar-refractivity contribution in [3.05, 3.63) is 45.7 Å². The van der Waals surface area contributed by atoms with Crippen molar-refractivity contribution in [1.29, 1.82) is 5.26 Å². The van der Waals surface area contributed by atoms with Crippen LogP contribution in [0.2, 0.25) is 10.0 Å². The van der Waals surface area contributed by atoms with E-state index in [1.807, 2.05) is 13.0 Å². The fourth-order valence-corrected chi connectivity index (χ4v) is 6.01. The molecule has 210 valence electrons. The third kappa shape index (κ3) is 6.99. The smallest absolute Gasteiger partial charge is 0.212 e. The van der Waals surface area contributed by atoms with Crippen LogP contribution < -0.4 is 9.62 Å². The van der Waals surface area contributed by atoms with Crippen molar-refractivity contribution in [2.24, 2.45) is 5.92 Å². The van der Waals surface area contributed by atoms with Crippen molar-refractivity contribution in [2.75, 3.05) is 50.4 Å². The third-order valence-electron chi connectivity index (χ3n) is 7.23. The predicted molar refractivity (Wildman–Crippen MR) is 155 cm³/mol. The Labute approximate surface area is 240 Å². The average molecular weight is 594 g/mol.